The molecule has 1 aliphatic heterocycles. The van der Waals surface area contributed by atoms with Gasteiger partial charge in [0.05, 0.1) is 0 Å². The van der Waals surface area contributed by atoms with Gasteiger partial charge in [-0.15, -0.1) is 0 Å². The van der Waals surface area contributed by atoms with Gasteiger partial charge in [-0.2, -0.15) is 5.10 Å². The summed E-state index contributed by atoms with van der Waals surface area (Å²) in [6.07, 6.45) is 2.10. The fourth-order valence-corrected chi connectivity index (χ4v) is 3.20. The van der Waals surface area contributed by atoms with Crippen molar-refractivity contribution in [2.24, 2.45) is 13.0 Å². The predicted octanol–water partition coefficient (Wildman–Crippen LogP) is 2.19. The van der Waals surface area contributed by atoms with Gasteiger partial charge in [-0.1, -0.05) is 12.1 Å². The van der Waals surface area contributed by atoms with E-state index in [1.807, 2.05) is 32.2 Å². The number of rotatable bonds is 5. The first kappa shape index (κ1) is 17.6. The number of likely N-dealkylation sites (tertiary alicyclic amines) is 1. The third-order valence-electron chi connectivity index (χ3n) is 4.90. The Morgan fingerprint density at radius 1 is 1.32 bits per heavy atom. The van der Waals surface area contributed by atoms with Crippen molar-refractivity contribution in [3.8, 4) is 0 Å². The van der Waals surface area contributed by atoms with E-state index in [1.165, 1.54) is 5.56 Å². The van der Waals surface area contributed by atoms with Gasteiger partial charge in [-0.3, -0.25) is 14.4 Å². The second-order valence-corrected chi connectivity index (χ2v) is 6.85. The summed E-state index contributed by atoms with van der Waals surface area (Å²) in [5.41, 5.74) is 3.34. The zero-order valence-corrected chi connectivity index (χ0v) is 14.9. The highest BCUT2D eigenvalue weighted by Crippen LogP contribution is 2.20. The summed E-state index contributed by atoms with van der Waals surface area (Å²) in [7, 11) is 1.83. The Labute approximate surface area is 148 Å². The largest absolute Gasteiger partial charge is 0.396 e. The number of carbonyl (C=O) groups is 1. The van der Waals surface area contributed by atoms with E-state index in [2.05, 4.69) is 21.4 Å². The lowest BCUT2D eigenvalue weighted by molar-refractivity contribution is 0.102. The van der Waals surface area contributed by atoms with Crippen LogP contribution < -0.4 is 5.32 Å². The monoisotopic (exact) mass is 342 g/mol. The molecule has 1 aliphatic rings. The first-order valence-corrected chi connectivity index (χ1v) is 8.79. The van der Waals surface area contributed by atoms with Crippen molar-refractivity contribution >= 4 is 11.6 Å². The van der Waals surface area contributed by atoms with E-state index in [0.29, 0.717) is 18.2 Å². The molecule has 0 radical (unpaired) electrons. The van der Waals surface area contributed by atoms with Gasteiger partial charge in [-0.25, -0.2) is 0 Å². The van der Waals surface area contributed by atoms with Crippen LogP contribution in [0.3, 0.4) is 0 Å². The van der Waals surface area contributed by atoms with Gasteiger partial charge in [-0.05, 0) is 62.5 Å². The number of aromatic nitrogens is 2. The molecule has 0 saturated carbocycles. The highest BCUT2D eigenvalue weighted by atomic mass is 16.3. The first-order valence-electron chi connectivity index (χ1n) is 8.79. The molecule has 0 atom stereocenters. The zero-order valence-electron chi connectivity index (χ0n) is 14.9. The van der Waals surface area contributed by atoms with Crippen LogP contribution in [0.25, 0.3) is 0 Å². The number of aliphatic hydroxyl groups excluding tert-OH is 1. The highest BCUT2D eigenvalue weighted by molar-refractivity contribution is 6.02. The minimum atomic E-state index is -0.190. The van der Waals surface area contributed by atoms with E-state index in [1.54, 1.807) is 10.7 Å². The second-order valence-electron chi connectivity index (χ2n) is 6.85. The zero-order chi connectivity index (χ0) is 17.8. The maximum Gasteiger partial charge on any atom is 0.276 e. The highest BCUT2D eigenvalue weighted by Gasteiger charge is 2.18. The summed E-state index contributed by atoms with van der Waals surface area (Å²) >= 11 is 0. The number of carbonyl (C=O) groups excluding carboxylic acids is 1. The number of amides is 1. The maximum absolute atomic E-state index is 12.3. The standard InChI is InChI=1S/C19H26N4O2/c1-14-10-18(21-22(14)2)19(25)20-17-5-3-4-16(11-17)12-23-8-6-15(13-24)7-9-23/h3-5,10-11,15,24H,6-9,12-13H2,1-2H3,(H,20,25). The number of benzene rings is 1. The third kappa shape index (κ3) is 4.46. The quantitative estimate of drug-likeness (QED) is 0.874. The summed E-state index contributed by atoms with van der Waals surface area (Å²) in [6.45, 7) is 5.10. The van der Waals surface area contributed by atoms with E-state index in [0.717, 1.165) is 43.9 Å². The van der Waals surface area contributed by atoms with E-state index >= 15 is 0 Å². The van der Waals surface area contributed by atoms with Crippen LogP contribution in [0.1, 0.15) is 34.6 Å². The molecule has 2 N–H and O–H groups in total. The number of hydrogen-bond acceptors (Lipinski definition) is 4. The summed E-state index contributed by atoms with van der Waals surface area (Å²) in [6, 6.07) is 9.75. The topological polar surface area (TPSA) is 70.4 Å². The SMILES string of the molecule is Cc1cc(C(=O)Nc2cccc(CN3CCC(CO)CC3)c2)nn1C. The van der Waals surface area contributed by atoms with Crippen LogP contribution in [0.15, 0.2) is 30.3 Å². The number of nitrogens with zero attached hydrogens (tertiary/aromatic N) is 3. The first-order chi connectivity index (χ1) is 12.0. The molecule has 2 heterocycles. The van der Waals surface area contributed by atoms with Crippen molar-refractivity contribution in [1.29, 1.82) is 0 Å². The van der Waals surface area contributed by atoms with Gasteiger partial charge in [0.25, 0.3) is 5.91 Å². The Morgan fingerprint density at radius 2 is 2.08 bits per heavy atom. The number of aryl methyl sites for hydroxylation is 2. The molecular formula is C19H26N4O2. The normalized spacial score (nSPS) is 16.1. The number of piperidine rings is 1. The Hall–Kier alpha value is -2.18. The van der Waals surface area contributed by atoms with Gasteiger partial charge in [0.1, 0.15) is 0 Å². The van der Waals surface area contributed by atoms with E-state index in [9.17, 15) is 9.90 Å². The molecular weight excluding hydrogens is 316 g/mol. The van der Waals surface area contributed by atoms with Crippen molar-refractivity contribution in [2.45, 2.75) is 26.3 Å². The number of anilines is 1. The molecule has 6 nitrogen and oxygen atoms in total. The number of hydrogen-bond donors (Lipinski definition) is 2. The molecule has 1 fully saturated rings. The number of nitrogens with one attached hydrogen (secondary N) is 1. The molecule has 1 amide bonds. The number of aliphatic hydroxyl groups is 1. The fraction of sp³-hybridized carbons (Fsp3) is 0.474. The fourth-order valence-electron chi connectivity index (χ4n) is 3.20. The van der Waals surface area contributed by atoms with Crippen molar-refractivity contribution in [3.63, 3.8) is 0 Å². The van der Waals surface area contributed by atoms with E-state index in [4.69, 9.17) is 0 Å². The third-order valence-corrected chi connectivity index (χ3v) is 4.90. The molecule has 0 spiro atoms. The molecule has 0 unspecified atom stereocenters. The molecule has 6 heteroatoms. The van der Waals surface area contributed by atoms with Crippen molar-refractivity contribution in [1.82, 2.24) is 14.7 Å². The van der Waals surface area contributed by atoms with Crippen LogP contribution >= 0.6 is 0 Å². The summed E-state index contributed by atoms with van der Waals surface area (Å²) in [5.74, 6) is 0.258. The maximum atomic E-state index is 12.3. The van der Waals surface area contributed by atoms with Crippen molar-refractivity contribution in [2.75, 3.05) is 25.0 Å². The van der Waals surface area contributed by atoms with Crippen LogP contribution in [0.4, 0.5) is 5.69 Å². The Bertz CT molecular complexity index is 713. The molecule has 3 rings (SSSR count). The van der Waals surface area contributed by atoms with Crippen molar-refractivity contribution in [3.05, 3.63) is 47.3 Å². The minimum Gasteiger partial charge on any atom is -0.396 e. The Kier molecular flexibility index (Phi) is 5.50. The van der Waals surface area contributed by atoms with Crippen LogP contribution in [-0.2, 0) is 13.6 Å². The smallest absolute Gasteiger partial charge is 0.276 e. The lowest BCUT2D eigenvalue weighted by Gasteiger charge is -2.31. The molecule has 1 aromatic carbocycles. The van der Waals surface area contributed by atoms with Gasteiger partial charge in [0, 0.05) is 31.6 Å². The second kappa shape index (κ2) is 7.80. The molecule has 134 valence electrons. The molecule has 0 bridgehead atoms. The van der Waals surface area contributed by atoms with E-state index in [-0.39, 0.29) is 5.91 Å². The summed E-state index contributed by atoms with van der Waals surface area (Å²) < 4.78 is 1.70. The van der Waals surface area contributed by atoms with Crippen molar-refractivity contribution < 1.29 is 9.90 Å². The van der Waals surface area contributed by atoms with Crippen LogP contribution in [-0.4, -0.2) is 45.4 Å². The molecule has 1 saturated heterocycles. The average molecular weight is 342 g/mol. The predicted molar refractivity (Wildman–Crippen MR) is 97.4 cm³/mol. The van der Waals surface area contributed by atoms with Gasteiger partial charge in [0.2, 0.25) is 0 Å². The molecule has 0 aliphatic carbocycles. The average Bonchev–Trinajstić information content (AvgIpc) is 2.95. The summed E-state index contributed by atoms with van der Waals surface area (Å²) in [4.78, 5) is 14.7. The Morgan fingerprint density at radius 3 is 2.72 bits per heavy atom. The molecule has 1 aromatic heterocycles. The van der Waals surface area contributed by atoms with Crippen LogP contribution in [0, 0.1) is 12.8 Å². The van der Waals surface area contributed by atoms with Gasteiger partial charge in [0.15, 0.2) is 5.69 Å². The lowest BCUT2D eigenvalue weighted by Crippen LogP contribution is -2.34. The van der Waals surface area contributed by atoms with E-state index < -0.39 is 0 Å². The van der Waals surface area contributed by atoms with Gasteiger partial charge < -0.3 is 10.4 Å². The minimum absolute atomic E-state index is 0.190. The molecule has 2 aromatic rings. The lowest BCUT2D eigenvalue weighted by atomic mass is 9.97. The van der Waals surface area contributed by atoms with Crippen LogP contribution in [0.5, 0.6) is 0 Å². The van der Waals surface area contributed by atoms with Crippen LogP contribution in [0.2, 0.25) is 0 Å². The molecule has 25 heavy (non-hydrogen) atoms. The Balaban J connectivity index is 1.60. The summed E-state index contributed by atoms with van der Waals surface area (Å²) in [5, 5.41) is 16.4. The van der Waals surface area contributed by atoms with Gasteiger partial charge >= 0.3 is 0 Å².